The summed E-state index contributed by atoms with van der Waals surface area (Å²) in [5, 5.41) is 14.2. The highest BCUT2D eigenvalue weighted by Crippen LogP contribution is 2.30. The molecule has 0 aliphatic heterocycles. The second kappa shape index (κ2) is 4.98. The summed E-state index contributed by atoms with van der Waals surface area (Å²) in [6.45, 7) is 8.21. The van der Waals surface area contributed by atoms with Gasteiger partial charge < -0.3 is 10.4 Å². The highest BCUT2D eigenvalue weighted by atomic mass is 19.1. The van der Waals surface area contributed by atoms with Gasteiger partial charge in [0.15, 0.2) is 0 Å². The monoisotopic (exact) mass is 277 g/mol. The van der Waals surface area contributed by atoms with Gasteiger partial charge in [-0.05, 0) is 32.0 Å². The van der Waals surface area contributed by atoms with Crippen LogP contribution in [0.4, 0.5) is 10.1 Å². The minimum Gasteiger partial charge on any atom is -0.390 e. The number of aliphatic hydroxyl groups is 1. The molecule has 1 heterocycles. The van der Waals surface area contributed by atoms with E-state index in [9.17, 15) is 9.50 Å². The van der Waals surface area contributed by atoms with E-state index in [0.29, 0.717) is 12.1 Å². The third-order valence-corrected chi connectivity index (χ3v) is 3.94. The van der Waals surface area contributed by atoms with Crippen molar-refractivity contribution in [1.82, 2.24) is 9.97 Å². The molecule has 1 aromatic carbocycles. The van der Waals surface area contributed by atoms with Gasteiger partial charge in [0.2, 0.25) is 0 Å². The molecule has 0 fully saturated rings. The lowest BCUT2D eigenvalue weighted by molar-refractivity contribution is -0.0270. The van der Waals surface area contributed by atoms with Gasteiger partial charge in [0.25, 0.3) is 0 Å². The minimum absolute atomic E-state index is 0.290. The van der Waals surface area contributed by atoms with Gasteiger partial charge in [-0.2, -0.15) is 4.39 Å². The Balaban J connectivity index is 2.17. The lowest BCUT2D eigenvalue weighted by Crippen LogP contribution is -2.43. The fourth-order valence-electron chi connectivity index (χ4n) is 1.66. The van der Waals surface area contributed by atoms with E-state index in [1.165, 1.54) is 6.20 Å². The summed E-state index contributed by atoms with van der Waals surface area (Å²) in [7, 11) is 0. The molecule has 20 heavy (non-hydrogen) atoms. The van der Waals surface area contributed by atoms with Crippen LogP contribution in [0.3, 0.4) is 0 Å². The molecule has 5 heteroatoms. The zero-order chi connectivity index (χ0) is 15.0. The van der Waals surface area contributed by atoms with Crippen molar-refractivity contribution in [2.75, 3.05) is 11.9 Å². The van der Waals surface area contributed by atoms with E-state index in [4.69, 9.17) is 0 Å². The average molecular weight is 277 g/mol. The predicted octanol–water partition coefficient (Wildman–Crippen LogP) is 2.98. The Morgan fingerprint density at radius 3 is 2.60 bits per heavy atom. The highest BCUT2D eigenvalue weighted by Gasteiger charge is 2.34. The molecule has 0 aliphatic carbocycles. The molecule has 0 aliphatic rings. The molecule has 0 radical (unpaired) electrons. The van der Waals surface area contributed by atoms with Crippen LogP contribution in [0, 0.1) is 11.5 Å². The topological polar surface area (TPSA) is 58.0 Å². The predicted molar refractivity (Wildman–Crippen MR) is 78.1 cm³/mol. The van der Waals surface area contributed by atoms with Crippen LogP contribution < -0.4 is 5.32 Å². The van der Waals surface area contributed by atoms with Gasteiger partial charge in [-0.3, -0.25) is 0 Å². The van der Waals surface area contributed by atoms with Crippen LogP contribution in [0.1, 0.15) is 27.7 Å². The first-order valence-corrected chi connectivity index (χ1v) is 6.58. The van der Waals surface area contributed by atoms with Crippen LogP contribution in [0.2, 0.25) is 0 Å². The van der Waals surface area contributed by atoms with Gasteiger partial charge in [0.05, 0.1) is 11.1 Å². The number of anilines is 1. The number of benzene rings is 1. The molecule has 0 bridgehead atoms. The molecule has 0 spiro atoms. The van der Waals surface area contributed by atoms with Crippen LogP contribution in [-0.4, -0.2) is 27.2 Å². The molecule has 4 nitrogen and oxygen atoms in total. The first-order chi connectivity index (χ1) is 9.19. The van der Waals surface area contributed by atoms with E-state index in [1.807, 2.05) is 26.0 Å². The highest BCUT2D eigenvalue weighted by molar-refractivity contribution is 5.81. The summed E-state index contributed by atoms with van der Waals surface area (Å²) in [5.74, 6) is 0. The van der Waals surface area contributed by atoms with Gasteiger partial charge in [0.1, 0.15) is 0 Å². The van der Waals surface area contributed by atoms with Crippen LogP contribution >= 0.6 is 0 Å². The summed E-state index contributed by atoms with van der Waals surface area (Å²) in [6, 6.07) is 5.46. The summed E-state index contributed by atoms with van der Waals surface area (Å²) in [5.41, 5.74) is 0.388. The van der Waals surface area contributed by atoms with Crippen molar-refractivity contribution >= 4 is 16.6 Å². The lowest BCUT2D eigenvalue weighted by Gasteiger charge is -2.37. The van der Waals surface area contributed by atoms with E-state index in [1.54, 1.807) is 19.9 Å². The smallest absolute Gasteiger partial charge is 0.309 e. The van der Waals surface area contributed by atoms with Crippen LogP contribution in [0.25, 0.3) is 10.9 Å². The molecule has 108 valence electrons. The summed E-state index contributed by atoms with van der Waals surface area (Å²) >= 11 is 0. The molecule has 2 N–H and O–H groups in total. The lowest BCUT2D eigenvalue weighted by atomic mass is 9.77. The van der Waals surface area contributed by atoms with Crippen molar-refractivity contribution in [3.05, 3.63) is 30.5 Å². The number of hydrogen-bond acceptors (Lipinski definition) is 4. The molecule has 0 atom stereocenters. The second-order valence-electron chi connectivity index (χ2n) is 6.21. The van der Waals surface area contributed by atoms with Gasteiger partial charge in [0, 0.05) is 29.2 Å². The van der Waals surface area contributed by atoms with E-state index in [0.717, 1.165) is 11.1 Å². The van der Waals surface area contributed by atoms with Crippen LogP contribution in [0.15, 0.2) is 24.4 Å². The number of nitrogens with zero attached hydrogens (tertiary/aromatic N) is 2. The van der Waals surface area contributed by atoms with Crippen molar-refractivity contribution < 1.29 is 9.50 Å². The second-order valence-corrected chi connectivity index (χ2v) is 6.21. The van der Waals surface area contributed by atoms with Gasteiger partial charge in [-0.25, -0.2) is 9.97 Å². The van der Waals surface area contributed by atoms with Crippen molar-refractivity contribution in [2.24, 2.45) is 5.41 Å². The summed E-state index contributed by atoms with van der Waals surface area (Å²) < 4.78 is 12.9. The molecular weight excluding hydrogens is 257 g/mol. The standard InChI is InChI=1S/C15H20FN3O/c1-14(2,15(3,4)20)9-18-11-5-6-12-10(7-11)8-17-13(16)19-12/h5-8,18,20H,9H2,1-4H3. The molecule has 0 saturated carbocycles. The summed E-state index contributed by atoms with van der Waals surface area (Å²) in [4.78, 5) is 7.27. The van der Waals surface area contributed by atoms with Crippen molar-refractivity contribution in [1.29, 1.82) is 0 Å². The van der Waals surface area contributed by atoms with Crippen LogP contribution in [0.5, 0.6) is 0 Å². The van der Waals surface area contributed by atoms with Gasteiger partial charge >= 0.3 is 6.08 Å². The van der Waals surface area contributed by atoms with E-state index < -0.39 is 11.7 Å². The molecule has 0 unspecified atom stereocenters. The van der Waals surface area contributed by atoms with E-state index in [2.05, 4.69) is 15.3 Å². The third kappa shape index (κ3) is 3.04. The molecule has 0 saturated heterocycles. The Morgan fingerprint density at radius 1 is 1.25 bits per heavy atom. The first-order valence-electron chi connectivity index (χ1n) is 6.58. The number of nitrogens with one attached hydrogen (secondary N) is 1. The number of halogens is 1. The number of rotatable bonds is 4. The fraction of sp³-hybridized carbons (Fsp3) is 0.467. The SMILES string of the molecule is CC(C)(O)C(C)(C)CNc1ccc2nc(F)ncc2c1. The Labute approximate surface area is 118 Å². The Bertz CT molecular complexity index is 620. The number of aromatic nitrogens is 2. The molecule has 2 aromatic rings. The fourth-order valence-corrected chi connectivity index (χ4v) is 1.66. The average Bonchev–Trinajstić information content (AvgIpc) is 2.35. The van der Waals surface area contributed by atoms with E-state index in [-0.39, 0.29) is 5.41 Å². The number of fused-ring (bicyclic) bond motifs is 1. The quantitative estimate of drug-likeness (QED) is 0.844. The zero-order valence-electron chi connectivity index (χ0n) is 12.2. The van der Waals surface area contributed by atoms with Crippen molar-refractivity contribution in [2.45, 2.75) is 33.3 Å². The molecule has 0 amide bonds. The maximum Gasteiger partial charge on any atom is 0.309 e. The zero-order valence-corrected chi connectivity index (χ0v) is 12.2. The normalized spacial score (nSPS) is 12.7. The Hall–Kier alpha value is -1.75. The third-order valence-electron chi connectivity index (χ3n) is 3.94. The molecule has 2 rings (SSSR count). The Kier molecular flexibility index (Phi) is 3.65. The van der Waals surface area contributed by atoms with Crippen molar-refractivity contribution in [3.8, 4) is 0 Å². The Morgan fingerprint density at radius 2 is 1.95 bits per heavy atom. The first kappa shape index (κ1) is 14.7. The van der Waals surface area contributed by atoms with Gasteiger partial charge in [-0.15, -0.1) is 0 Å². The number of hydrogen-bond donors (Lipinski definition) is 2. The maximum atomic E-state index is 12.9. The van der Waals surface area contributed by atoms with E-state index >= 15 is 0 Å². The molecule has 1 aromatic heterocycles. The largest absolute Gasteiger partial charge is 0.390 e. The van der Waals surface area contributed by atoms with Crippen LogP contribution in [-0.2, 0) is 0 Å². The van der Waals surface area contributed by atoms with Crippen molar-refractivity contribution in [3.63, 3.8) is 0 Å². The minimum atomic E-state index is -0.789. The van der Waals surface area contributed by atoms with Gasteiger partial charge in [-0.1, -0.05) is 13.8 Å². The summed E-state index contributed by atoms with van der Waals surface area (Å²) in [6.07, 6.45) is 0.741. The molecular formula is C15H20FN3O. The maximum absolute atomic E-state index is 12.9.